The standard InChI is InChI=1S/C8H6FN3O2/c9-5-3-6-7(11-2-1-10-6)4-8(5)12(13)14/h2-4,10H,1H2. The predicted octanol–water partition coefficient (Wildman–Crippen LogP) is 1.86. The zero-order valence-corrected chi connectivity index (χ0v) is 7.03. The first-order valence-electron chi connectivity index (χ1n) is 3.93. The minimum Gasteiger partial charge on any atom is -0.378 e. The van der Waals surface area contributed by atoms with Crippen LogP contribution in [0.4, 0.5) is 21.5 Å². The summed E-state index contributed by atoms with van der Waals surface area (Å²) in [6.45, 7) is 0.504. The van der Waals surface area contributed by atoms with Gasteiger partial charge in [-0.1, -0.05) is 0 Å². The maximum atomic E-state index is 13.1. The fourth-order valence-electron chi connectivity index (χ4n) is 1.24. The molecule has 0 saturated heterocycles. The van der Waals surface area contributed by atoms with Gasteiger partial charge in [0.2, 0.25) is 5.82 Å². The van der Waals surface area contributed by atoms with Crippen molar-refractivity contribution in [2.24, 2.45) is 4.99 Å². The van der Waals surface area contributed by atoms with Crippen LogP contribution in [0, 0.1) is 15.9 Å². The summed E-state index contributed by atoms with van der Waals surface area (Å²) in [6.07, 6.45) is 1.57. The lowest BCUT2D eigenvalue weighted by molar-refractivity contribution is -0.387. The van der Waals surface area contributed by atoms with Crippen LogP contribution < -0.4 is 5.32 Å². The lowest BCUT2D eigenvalue weighted by Crippen LogP contribution is -2.07. The summed E-state index contributed by atoms with van der Waals surface area (Å²) in [7, 11) is 0. The van der Waals surface area contributed by atoms with Crippen LogP contribution in [0.5, 0.6) is 0 Å². The number of benzene rings is 1. The molecule has 1 aromatic rings. The SMILES string of the molecule is O=[N+]([O-])c1cc2c(cc1F)NCC=N2. The van der Waals surface area contributed by atoms with Gasteiger partial charge in [-0.15, -0.1) is 0 Å². The molecule has 1 aromatic carbocycles. The lowest BCUT2D eigenvalue weighted by atomic mass is 10.2. The van der Waals surface area contributed by atoms with E-state index in [1.165, 1.54) is 0 Å². The number of nitrogens with one attached hydrogen (secondary N) is 1. The van der Waals surface area contributed by atoms with Crippen LogP contribution in [-0.2, 0) is 0 Å². The van der Waals surface area contributed by atoms with Crippen LogP contribution in [0.15, 0.2) is 17.1 Å². The van der Waals surface area contributed by atoms with Crippen molar-refractivity contribution in [2.75, 3.05) is 11.9 Å². The van der Waals surface area contributed by atoms with Gasteiger partial charge in [0, 0.05) is 18.3 Å². The molecule has 1 aliphatic rings. The summed E-state index contributed by atoms with van der Waals surface area (Å²) in [5, 5.41) is 13.3. The van der Waals surface area contributed by atoms with Crippen molar-refractivity contribution in [1.82, 2.24) is 0 Å². The van der Waals surface area contributed by atoms with Gasteiger partial charge in [-0.2, -0.15) is 4.39 Å². The molecule has 1 N–H and O–H groups in total. The highest BCUT2D eigenvalue weighted by molar-refractivity contribution is 5.81. The highest BCUT2D eigenvalue weighted by atomic mass is 19.1. The van der Waals surface area contributed by atoms with E-state index >= 15 is 0 Å². The summed E-state index contributed by atoms with van der Waals surface area (Å²) in [6, 6.07) is 2.21. The minimum absolute atomic E-state index is 0.393. The molecule has 14 heavy (non-hydrogen) atoms. The molecule has 1 aliphatic heterocycles. The van der Waals surface area contributed by atoms with E-state index < -0.39 is 16.4 Å². The van der Waals surface area contributed by atoms with Gasteiger partial charge in [0.25, 0.3) is 0 Å². The number of aliphatic imine (C=N–C) groups is 1. The van der Waals surface area contributed by atoms with Crippen LogP contribution in [0.1, 0.15) is 0 Å². The van der Waals surface area contributed by atoms with E-state index in [1.807, 2.05) is 0 Å². The highest BCUT2D eigenvalue weighted by Crippen LogP contribution is 2.33. The van der Waals surface area contributed by atoms with E-state index in [2.05, 4.69) is 10.3 Å². The third-order valence-corrected chi connectivity index (χ3v) is 1.88. The van der Waals surface area contributed by atoms with Crippen molar-refractivity contribution >= 4 is 23.3 Å². The summed E-state index contributed by atoms with van der Waals surface area (Å²) >= 11 is 0. The zero-order valence-electron chi connectivity index (χ0n) is 7.03. The van der Waals surface area contributed by atoms with E-state index in [0.717, 1.165) is 12.1 Å². The van der Waals surface area contributed by atoms with Crippen molar-refractivity contribution in [3.63, 3.8) is 0 Å². The first-order valence-corrected chi connectivity index (χ1v) is 3.93. The molecule has 0 amide bonds. The summed E-state index contributed by atoms with van der Waals surface area (Å²) in [5.74, 6) is -0.849. The molecule has 0 aliphatic carbocycles. The second-order valence-corrected chi connectivity index (χ2v) is 2.77. The Morgan fingerprint density at radius 1 is 1.57 bits per heavy atom. The molecule has 1 heterocycles. The van der Waals surface area contributed by atoms with Crippen LogP contribution in [0.3, 0.4) is 0 Å². The normalized spacial score (nSPS) is 13.2. The second kappa shape index (κ2) is 3.06. The monoisotopic (exact) mass is 195 g/mol. The predicted molar refractivity (Wildman–Crippen MR) is 49.7 cm³/mol. The molecule has 0 radical (unpaired) electrons. The molecule has 0 aromatic heterocycles. The van der Waals surface area contributed by atoms with Crippen LogP contribution in [-0.4, -0.2) is 17.7 Å². The lowest BCUT2D eigenvalue weighted by Gasteiger charge is -2.11. The Kier molecular flexibility index (Phi) is 1.88. The average molecular weight is 195 g/mol. The molecule has 2 rings (SSSR count). The number of rotatable bonds is 1. The molecule has 5 nitrogen and oxygen atoms in total. The van der Waals surface area contributed by atoms with Gasteiger partial charge in [0.15, 0.2) is 0 Å². The van der Waals surface area contributed by atoms with E-state index in [9.17, 15) is 14.5 Å². The Bertz CT molecular complexity index is 431. The number of nitro groups is 1. The summed E-state index contributed by atoms with van der Waals surface area (Å²) in [5.41, 5.74) is 0.324. The molecule has 6 heteroatoms. The van der Waals surface area contributed by atoms with Crippen molar-refractivity contribution in [3.05, 3.63) is 28.1 Å². The van der Waals surface area contributed by atoms with Crippen molar-refractivity contribution in [1.29, 1.82) is 0 Å². The van der Waals surface area contributed by atoms with Gasteiger partial charge >= 0.3 is 5.69 Å². The third kappa shape index (κ3) is 1.30. The van der Waals surface area contributed by atoms with Gasteiger partial charge in [-0.05, 0) is 0 Å². The van der Waals surface area contributed by atoms with Gasteiger partial charge < -0.3 is 5.32 Å². The van der Waals surface area contributed by atoms with Crippen LogP contribution in [0.2, 0.25) is 0 Å². The number of nitrogens with zero attached hydrogens (tertiary/aromatic N) is 2. The minimum atomic E-state index is -0.849. The number of nitro benzene ring substituents is 1. The Labute approximate surface area is 78.4 Å². The van der Waals surface area contributed by atoms with Crippen LogP contribution >= 0.6 is 0 Å². The number of anilines is 1. The fourth-order valence-corrected chi connectivity index (χ4v) is 1.24. The Balaban J connectivity index is 2.58. The first kappa shape index (κ1) is 8.61. The number of hydrogen-bond donors (Lipinski definition) is 1. The molecule has 0 atom stereocenters. The van der Waals surface area contributed by atoms with Crippen molar-refractivity contribution in [2.45, 2.75) is 0 Å². The third-order valence-electron chi connectivity index (χ3n) is 1.88. The topological polar surface area (TPSA) is 67.5 Å². The van der Waals surface area contributed by atoms with Crippen LogP contribution in [0.25, 0.3) is 0 Å². The average Bonchev–Trinajstić information content (AvgIpc) is 2.16. The largest absolute Gasteiger partial charge is 0.378 e. The molecular formula is C8H6FN3O2. The van der Waals surface area contributed by atoms with Gasteiger partial charge in [-0.25, -0.2) is 0 Å². The molecule has 0 spiro atoms. The summed E-state index contributed by atoms with van der Waals surface area (Å²) in [4.78, 5) is 13.6. The smallest absolute Gasteiger partial charge is 0.307 e. The van der Waals surface area contributed by atoms with E-state index in [4.69, 9.17) is 0 Å². The number of hydrogen-bond acceptors (Lipinski definition) is 4. The van der Waals surface area contributed by atoms with Gasteiger partial charge in [-0.3, -0.25) is 15.1 Å². The number of halogens is 1. The van der Waals surface area contributed by atoms with Crippen molar-refractivity contribution in [3.8, 4) is 0 Å². The Morgan fingerprint density at radius 2 is 2.36 bits per heavy atom. The zero-order chi connectivity index (χ0) is 10.1. The maximum Gasteiger partial charge on any atom is 0.307 e. The molecular weight excluding hydrogens is 189 g/mol. The van der Waals surface area contributed by atoms with E-state index in [0.29, 0.717) is 17.9 Å². The summed E-state index contributed by atoms with van der Waals surface area (Å²) < 4.78 is 13.1. The van der Waals surface area contributed by atoms with E-state index in [-0.39, 0.29) is 0 Å². The Hall–Kier alpha value is -1.98. The molecule has 0 unspecified atom stereocenters. The van der Waals surface area contributed by atoms with Gasteiger partial charge in [0.1, 0.15) is 0 Å². The number of fused-ring (bicyclic) bond motifs is 1. The van der Waals surface area contributed by atoms with Gasteiger partial charge in [0.05, 0.1) is 22.8 Å². The second-order valence-electron chi connectivity index (χ2n) is 2.77. The molecule has 0 bridgehead atoms. The quantitative estimate of drug-likeness (QED) is 0.549. The molecule has 0 saturated carbocycles. The van der Waals surface area contributed by atoms with E-state index in [1.54, 1.807) is 6.21 Å². The Morgan fingerprint density at radius 3 is 3.07 bits per heavy atom. The maximum absolute atomic E-state index is 13.1. The molecule has 72 valence electrons. The van der Waals surface area contributed by atoms with Crippen molar-refractivity contribution < 1.29 is 9.31 Å². The highest BCUT2D eigenvalue weighted by Gasteiger charge is 2.18. The fraction of sp³-hybridized carbons (Fsp3) is 0.125. The molecule has 0 fully saturated rings. The first-order chi connectivity index (χ1) is 6.68.